The predicted molar refractivity (Wildman–Crippen MR) is 76.2 cm³/mol. The first-order valence-corrected chi connectivity index (χ1v) is 6.75. The summed E-state index contributed by atoms with van der Waals surface area (Å²) in [7, 11) is 1.63. The van der Waals surface area contributed by atoms with Crippen LogP contribution < -0.4 is 10.5 Å². The van der Waals surface area contributed by atoms with Crippen molar-refractivity contribution >= 4 is 0 Å². The van der Waals surface area contributed by atoms with Crippen LogP contribution in [-0.2, 0) is 6.42 Å². The van der Waals surface area contributed by atoms with Gasteiger partial charge >= 0.3 is 0 Å². The van der Waals surface area contributed by atoms with Crippen LogP contribution in [0.5, 0.6) is 5.75 Å². The molecule has 0 aliphatic heterocycles. The van der Waals surface area contributed by atoms with Gasteiger partial charge in [-0.3, -0.25) is 4.98 Å². The van der Waals surface area contributed by atoms with Crippen molar-refractivity contribution in [2.45, 2.75) is 40.3 Å². The van der Waals surface area contributed by atoms with E-state index in [0.717, 1.165) is 22.6 Å². The monoisotopic (exact) mass is 268 g/mol. The topological polar surface area (TPSA) is 48.1 Å². The van der Waals surface area contributed by atoms with E-state index in [1.807, 2.05) is 27.7 Å². The largest absolute Gasteiger partial charge is 0.496 e. The first kappa shape index (κ1) is 15.9. The van der Waals surface area contributed by atoms with Gasteiger partial charge in [0.1, 0.15) is 11.9 Å². The van der Waals surface area contributed by atoms with Crippen LogP contribution in [0.1, 0.15) is 30.7 Å². The van der Waals surface area contributed by atoms with E-state index in [2.05, 4.69) is 4.98 Å². The highest BCUT2D eigenvalue weighted by atomic mass is 19.1. The number of hydrogen-bond acceptors (Lipinski definition) is 3. The lowest BCUT2D eigenvalue weighted by Crippen LogP contribution is -2.31. The number of rotatable bonds is 6. The summed E-state index contributed by atoms with van der Waals surface area (Å²) in [6.07, 6.45) is 1.06. The fourth-order valence-electron chi connectivity index (χ4n) is 2.45. The first-order chi connectivity index (χ1) is 8.92. The molecule has 1 aromatic heterocycles. The smallest absolute Gasteiger partial charge is 0.128 e. The minimum atomic E-state index is -0.969. The molecule has 2 atom stereocenters. The van der Waals surface area contributed by atoms with Crippen LogP contribution in [-0.4, -0.2) is 24.8 Å². The minimum Gasteiger partial charge on any atom is -0.496 e. The van der Waals surface area contributed by atoms with E-state index in [9.17, 15) is 4.39 Å². The van der Waals surface area contributed by atoms with E-state index < -0.39 is 6.17 Å². The van der Waals surface area contributed by atoms with Crippen LogP contribution >= 0.6 is 0 Å². The third kappa shape index (κ3) is 3.66. The van der Waals surface area contributed by atoms with Crippen molar-refractivity contribution in [1.82, 2.24) is 4.98 Å². The standard InChI is InChI=1S/C15H25FN2O/c1-9(2)12(7-17)13(16)6-14-11(4)15(19-5)10(3)8-18-14/h8-9,12-13H,6-7,17H2,1-5H3. The number of nitrogens with zero attached hydrogens (tertiary/aromatic N) is 1. The summed E-state index contributed by atoms with van der Waals surface area (Å²) >= 11 is 0. The van der Waals surface area contributed by atoms with Gasteiger partial charge in [0, 0.05) is 35.4 Å². The van der Waals surface area contributed by atoms with Gasteiger partial charge in [0.25, 0.3) is 0 Å². The van der Waals surface area contributed by atoms with Gasteiger partial charge in [0.05, 0.1) is 7.11 Å². The number of pyridine rings is 1. The molecular weight excluding hydrogens is 243 g/mol. The summed E-state index contributed by atoms with van der Waals surface area (Å²) < 4.78 is 19.7. The van der Waals surface area contributed by atoms with Crippen molar-refractivity contribution < 1.29 is 9.13 Å². The molecule has 0 amide bonds. The fourth-order valence-corrected chi connectivity index (χ4v) is 2.45. The maximum atomic E-state index is 14.4. The summed E-state index contributed by atoms with van der Waals surface area (Å²) in [4.78, 5) is 4.34. The second-order valence-corrected chi connectivity index (χ2v) is 5.41. The Morgan fingerprint density at radius 1 is 1.37 bits per heavy atom. The lowest BCUT2D eigenvalue weighted by molar-refractivity contribution is 0.184. The highest BCUT2D eigenvalue weighted by molar-refractivity contribution is 5.41. The first-order valence-electron chi connectivity index (χ1n) is 6.75. The van der Waals surface area contributed by atoms with Crippen molar-refractivity contribution in [2.24, 2.45) is 17.6 Å². The molecule has 2 unspecified atom stereocenters. The Morgan fingerprint density at radius 2 is 2.00 bits per heavy atom. The van der Waals surface area contributed by atoms with Gasteiger partial charge in [-0.15, -0.1) is 0 Å². The molecule has 1 rings (SSSR count). The third-order valence-corrected chi connectivity index (χ3v) is 3.73. The summed E-state index contributed by atoms with van der Waals surface area (Å²) in [5.41, 5.74) is 8.31. The Kier molecular flexibility index (Phi) is 5.73. The van der Waals surface area contributed by atoms with Gasteiger partial charge in [0.15, 0.2) is 0 Å². The van der Waals surface area contributed by atoms with E-state index >= 15 is 0 Å². The van der Waals surface area contributed by atoms with Crippen LogP contribution in [0.25, 0.3) is 0 Å². The van der Waals surface area contributed by atoms with Crippen molar-refractivity contribution in [3.05, 3.63) is 23.0 Å². The summed E-state index contributed by atoms with van der Waals surface area (Å²) in [5, 5.41) is 0. The molecule has 0 aromatic carbocycles. The Bertz CT molecular complexity index is 421. The van der Waals surface area contributed by atoms with Crippen molar-refractivity contribution in [2.75, 3.05) is 13.7 Å². The molecule has 4 heteroatoms. The van der Waals surface area contributed by atoms with Gasteiger partial charge in [-0.05, 0) is 26.3 Å². The maximum Gasteiger partial charge on any atom is 0.128 e. The summed E-state index contributed by atoms with van der Waals surface area (Å²) in [5.74, 6) is 0.896. The molecule has 1 aromatic rings. The van der Waals surface area contributed by atoms with E-state index in [1.54, 1.807) is 13.3 Å². The molecule has 0 aliphatic carbocycles. The summed E-state index contributed by atoms with van der Waals surface area (Å²) in [6.45, 7) is 8.22. The molecule has 0 saturated carbocycles. The second-order valence-electron chi connectivity index (χ2n) is 5.41. The second kappa shape index (κ2) is 6.85. The lowest BCUT2D eigenvalue weighted by Gasteiger charge is -2.23. The molecule has 3 nitrogen and oxygen atoms in total. The van der Waals surface area contributed by atoms with Crippen LogP contribution in [0.3, 0.4) is 0 Å². The van der Waals surface area contributed by atoms with E-state index in [0.29, 0.717) is 13.0 Å². The molecular formula is C15H25FN2O. The minimum absolute atomic E-state index is 0.131. The normalized spacial score (nSPS) is 14.5. The Morgan fingerprint density at radius 3 is 2.47 bits per heavy atom. The lowest BCUT2D eigenvalue weighted by atomic mass is 9.88. The molecule has 0 spiro atoms. The number of aromatic nitrogens is 1. The van der Waals surface area contributed by atoms with Gasteiger partial charge in [-0.1, -0.05) is 13.8 Å². The van der Waals surface area contributed by atoms with E-state index in [4.69, 9.17) is 10.5 Å². The molecule has 0 aliphatic rings. The molecule has 1 heterocycles. The van der Waals surface area contributed by atoms with Crippen molar-refractivity contribution in [3.63, 3.8) is 0 Å². The number of nitrogens with two attached hydrogens (primary N) is 1. The van der Waals surface area contributed by atoms with Crippen LogP contribution in [0.4, 0.5) is 4.39 Å². The van der Waals surface area contributed by atoms with Crippen LogP contribution in [0, 0.1) is 25.7 Å². The predicted octanol–water partition coefficient (Wildman–Crippen LogP) is 2.82. The maximum absolute atomic E-state index is 14.4. The van der Waals surface area contributed by atoms with Crippen molar-refractivity contribution in [1.29, 1.82) is 0 Å². The molecule has 0 fully saturated rings. The Labute approximate surface area is 115 Å². The van der Waals surface area contributed by atoms with Gasteiger partial charge < -0.3 is 10.5 Å². The van der Waals surface area contributed by atoms with E-state index in [1.165, 1.54) is 0 Å². The quantitative estimate of drug-likeness (QED) is 0.863. The zero-order valence-electron chi connectivity index (χ0n) is 12.5. The molecule has 0 bridgehead atoms. The Hall–Kier alpha value is -1.16. The Balaban J connectivity index is 2.94. The number of hydrogen-bond donors (Lipinski definition) is 1. The molecule has 0 saturated heterocycles. The van der Waals surface area contributed by atoms with Gasteiger partial charge in [0.2, 0.25) is 0 Å². The van der Waals surface area contributed by atoms with Gasteiger partial charge in [-0.25, -0.2) is 4.39 Å². The third-order valence-electron chi connectivity index (χ3n) is 3.73. The average Bonchev–Trinajstić information content (AvgIpc) is 2.34. The summed E-state index contributed by atoms with van der Waals surface area (Å²) in [6, 6.07) is 0. The fraction of sp³-hybridized carbons (Fsp3) is 0.667. The molecule has 108 valence electrons. The van der Waals surface area contributed by atoms with Crippen LogP contribution in [0.2, 0.25) is 0 Å². The molecule has 2 N–H and O–H groups in total. The molecule has 19 heavy (non-hydrogen) atoms. The van der Waals surface area contributed by atoms with E-state index in [-0.39, 0.29) is 11.8 Å². The molecule has 0 radical (unpaired) electrons. The highest BCUT2D eigenvalue weighted by Crippen LogP contribution is 2.27. The van der Waals surface area contributed by atoms with Crippen LogP contribution in [0.15, 0.2) is 6.20 Å². The number of alkyl halides is 1. The highest BCUT2D eigenvalue weighted by Gasteiger charge is 2.25. The number of ether oxygens (including phenoxy) is 1. The average molecular weight is 268 g/mol. The number of methoxy groups -OCH3 is 1. The van der Waals surface area contributed by atoms with Crippen molar-refractivity contribution in [3.8, 4) is 5.75 Å². The zero-order valence-corrected chi connectivity index (χ0v) is 12.5. The number of aryl methyl sites for hydroxylation is 1. The van der Waals surface area contributed by atoms with Gasteiger partial charge in [-0.2, -0.15) is 0 Å². The zero-order chi connectivity index (χ0) is 14.6. The number of halogens is 1. The SMILES string of the molecule is COc1c(C)cnc(CC(F)C(CN)C(C)C)c1C.